The Morgan fingerprint density at radius 3 is 2.89 bits per heavy atom. The molecule has 0 aliphatic heterocycles. The molecule has 0 amide bonds. The van der Waals surface area contributed by atoms with E-state index in [9.17, 15) is 4.39 Å². The van der Waals surface area contributed by atoms with E-state index in [1.54, 1.807) is 6.07 Å². The Balaban J connectivity index is 1.89. The number of rotatable bonds is 3. The molecule has 18 heavy (non-hydrogen) atoms. The van der Waals surface area contributed by atoms with Crippen molar-refractivity contribution in [3.63, 3.8) is 0 Å². The Kier molecular flexibility index (Phi) is 2.80. The van der Waals surface area contributed by atoms with Crippen molar-refractivity contribution in [2.75, 3.05) is 0 Å². The fraction of sp³-hybridized carbons (Fsp3) is 0.333. The zero-order chi connectivity index (χ0) is 12.7. The lowest BCUT2D eigenvalue weighted by Crippen LogP contribution is -2.15. The molecule has 1 aromatic heterocycles. The van der Waals surface area contributed by atoms with Crippen LogP contribution in [-0.4, -0.2) is 10.1 Å². The summed E-state index contributed by atoms with van der Waals surface area (Å²) in [7, 11) is 0. The molecule has 0 bridgehead atoms. The van der Waals surface area contributed by atoms with E-state index in [2.05, 4.69) is 10.1 Å². The van der Waals surface area contributed by atoms with E-state index in [-0.39, 0.29) is 0 Å². The second-order valence-electron chi connectivity index (χ2n) is 4.41. The number of aromatic nitrogens is 2. The largest absolute Gasteiger partial charge is 0.339 e. The topological polar surface area (TPSA) is 64.9 Å². The summed E-state index contributed by atoms with van der Waals surface area (Å²) in [6, 6.07) is 3.61. The predicted molar refractivity (Wildman–Crippen MR) is 63.7 cm³/mol. The maximum Gasteiger partial charge on any atom is 0.229 e. The minimum atomic E-state index is -0.737. The molecule has 1 atom stereocenters. The molecule has 94 valence electrons. The third kappa shape index (κ3) is 2.11. The first-order chi connectivity index (χ1) is 8.65. The molecule has 0 radical (unpaired) electrons. The number of nitrogens with zero attached hydrogens (tertiary/aromatic N) is 2. The van der Waals surface area contributed by atoms with Crippen molar-refractivity contribution in [3.05, 3.63) is 46.3 Å². The predicted octanol–water partition coefficient (Wildman–Crippen LogP) is 2.79. The van der Waals surface area contributed by atoms with Gasteiger partial charge in [-0.05, 0) is 25.0 Å². The average molecular weight is 268 g/mol. The van der Waals surface area contributed by atoms with E-state index in [1.165, 1.54) is 12.1 Å². The minimum Gasteiger partial charge on any atom is -0.339 e. The molecule has 1 heterocycles. The summed E-state index contributed by atoms with van der Waals surface area (Å²) in [6.45, 7) is 0. The van der Waals surface area contributed by atoms with Crippen LogP contribution in [0.2, 0.25) is 5.02 Å². The summed E-state index contributed by atoms with van der Waals surface area (Å²) >= 11 is 5.69. The highest BCUT2D eigenvalue weighted by Crippen LogP contribution is 2.39. The Morgan fingerprint density at radius 2 is 2.22 bits per heavy atom. The van der Waals surface area contributed by atoms with Gasteiger partial charge in [-0.3, -0.25) is 0 Å². The Hall–Kier alpha value is -1.46. The number of halogens is 2. The van der Waals surface area contributed by atoms with Crippen LogP contribution < -0.4 is 5.73 Å². The summed E-state index contributed by atoms with van der Waals surface area (Å²) in [5, 5.41) is 4.14. The molecule has 6 heteroatoms. The van der Waals surface area contributed by atoms with E-state index in [0.717, 1.165) is 12.8 Å². The molecule has 2 aromatic rings. The summed E-state index contributed by atoms with van der Waals surface area (Å²) in [5.74, 6) is 0.786. The van der Waals surface area contributed by atoms with Gasteiger partial charge in [0.05, 0.1) is 6.04 Å². The van der Waals surface area contributed by atoms with E-state index in [4.69, 9.17) is 21.9 Å². The normalized spacial score (nSPS) is 16.8. The Bertz CT molecular complexity index is 582. The van der Waals surface area contributed by atoms with Gasteiger partial charge in [0, 0.05) is 16.5 Å². The molecule has 1 aliphatic carbocycles. The zero-order valence-corrected chi connectivity index (χ0v) is 10.2. The molecule has 2 N–H and O–H groups in total. The molecule has 4 nitrogen and oxygen atoms in total. The van der Waals surface area contributed by atoms with Gasteiger partial charge in [-0.2, -0.15) is 4.98 Å². The van der Waals surface area contributed by atoms with Crippen LogP contribution >= 0.6 is 11.6 Å². The van der Waals surface area contributed by atoms with Crippen LogP contribution in [0.4, 0.5) is 4.39 Å². The maximum absolute atomic E-state index is 13.7. The van der Waals surface area contributed by atoms with E-state index in [0.29, 0.717) is 28.2 Å². The SMILES string of the molecule is NC(c1noc(C2CC2)n1)c1ccc(Cl)cc1F. The second-order valence-corrected chi connectivity index (χ2v) is 4.85. The second kappa shape index (κ2) is 4.33. The highest BCUT2D eigenvalue weighted by Gasteiger charge is 2.31. The molecule has 1 aromatic carbocycles. The molecule has 1 aliphatic rings. The Morgan fingerprint density at radius 1 is 1.44 bits per heavy atom. The first-order valence-corrected chi connectivity index (χ1v) is 6.07. The molecular weight excluding hydrogens is 257 g/mol. The van der Waals surface area contributed by atoms with E-state index < -0.39 is 11.9 Å². The van der Waals surface area contributed by atoms with Crippen LogP contribution in [0, 0.1) is 5.82 Å². The highest BCUT2D eigenvalue weighted by atomic mass is 35.5. The maximum atomic E-state index is 13.7. The summed E-state index contributed by atoms with van der Waals surface area (Å²) in [4.78, 5) is 4.21. The van der Waals surface area contributed by atoms with Crippen molar-refractivity contribution in [2.24, 2.45) is 5.73 Å². The van der Waals surface area contributed by atoms with Crippen LogP contribution in [0.5, 0.6) is 0 Å². The number of hydrogen-bond donors (Lipinski definition) is 1. The summed E-state index contributed by atoms with van der Waals surface area (Å²) in [6.07, 6.45) is 2.12. The molecule has 1 fully saturated rings. The highest BCUT2D eigenvalue weighted by molar-refractivity contribution is 6.30. The molecule has 0 spiro atoms. The van der Waals surface area contributed by atoms with Gasteiger partial charge < -0.3 is 10.3 Å². The van der Waals surface area contributed by atoms with Crippen LogP contribution in [0.25, 0.3) is 0 Å². The van der Waals surface area contributed by atoms with Gasteiger partial charge in [0.2, 0.25) is 5.89 Å². The van der Waals surface area contributed by atoms with Gasteiger partial charge in [-0.1, -0.05) is 22.8 Å². The van der Waals surface area contributed by atoms with Crippen molar-refractivity contribution >= 4 is 11.6 Å². The van der Waals surface area contributed by atoms with Gasteiger partial charge in [0.25, 0.3) is 0 Å². The summed E-state index contributed by atoms with van der Waals surface area (Å²) in [5.41, 5.74) is 6.24. The first-order valence-electron chi connectivity index (χ1n) is 5.69. The summed E-state index contributed by atoms with van der Waals surface area (Å²) < 4.78 is 18.8. The number of nitrogens with two attached hydrogens (primary N) is 1. The molecule has 1 unspecified atom stereocenters. The average Bonchev–Trinajstić information content (AvgIpc) is 3.06. The quantitative estimate of drug-likeness (QED) is 0.929. The lowest BCUT2D eigenvalue weighted by molar-refractivity contribution is 0.372. The van der Waals surface area contributed by atoms with Crippen LogP contribution in [0.15, 0.2) is 22.7 Å². The van der Waals surface area contributed by atoms with Crippen LogP contribution in [0.1, 0.15) is 42.1 Å². The van der Waals surface area contributed by atoms with Gasteiger partial charge in [0.1, 0.15) is 5.82 Å². The van der Waals surface area contributed by atoms with Crippen molar-refractivity contribution in [3.8, 4) is 0 Å². The first kappa shape index (κ1) is 11.6. The van der Waals surface area contributed by atoms with Crippen LogP contribution in [0.3, 0.4) is 0 Å². The molecule has 3 rings (SSSR count). The van der Waals surface area contributed by atoms with Gasteiger partial charge in [-0.25, -0.2) is 4.39 Å². The van der Waals surface area contributed by atoms with Crippen molar-refractivity contribution in [2.45, 2.75) is 24.8 Å². The third-order valence-corrected chi connectivity index (χ3v) is 3.19. The number of hydrogen-bond acceptors (Lipinski definition) is 4. The lowest BCUT2D eigenvalue weighted by atomic mass is 10.1. The molecule has 0 saturated heterocycles. The smallest absolute Gasteiger partial charge is 0.229 e. The molecule has 1 saturated carbocycles. The van der Waals surface area contributed by atoms with Gasteiger partial charge in [-0.15, -0.1) is 0 Å². The standard InChI is InChI=1S/C12H11ClFN3O/c13-7-3-4-8(9(14)5-7)10(15)11-16-12(18-17-11)6-1-2-6/h3-6,10H,1-2,15H2. The fourth-order valence-corrected chi connectivity index (χ4v) is 1.92. The molecular formula is C12H11ClFN3O. The van der Waals surface area contributed by atoms with Crippen molar-refractivity contribution in [1.82, 2.24) is 10.1 Å². The lowest BCUT2D eigenvalue weighted by Gasteiger charge is -2.08. The number of benzene rings is 1. The van der Waals surface area contributed by atoms with Crippen LogP contribution in [-0.2, 0) is 0 Å². The zero-order valence-electron chi connectivity index (χ0n) is 9.44. The Labute approximate surface area is 108 Å². The van der Waals surface area contributed by atoms with E-state index >= 15 is 0 Å². The monoisotopic (exact) mass is 267 g/mol. The fourth-order valence-electron chi connectivity index (χ4n) is 1.76. The van der Waals surface area contributed by atoms with Gasteiger partial charge >= 0.3 is 0 Å². The van der Waals surface area contributed by atoms with Crippen molar-refractivity contribution < 1.29 is 8.91 Å². The third-order valence-electron chi connectivity index (χ3n) is 2.96. The van der Waals surface area contributed by atoms with Crippen molar-refractivity contribution in [1.29, 1.82) is 0 Å². The minimum absolute atomic E-state index is 0.304. The van der Waals surface area contributed by atoms with E-state index in [1.807, 2.05) is 0 Å². The van der Waals surface area contributed by atoms with Gasteiger partial charge in [0.15, 0.2) is 5.82 Å².